The molecule has 0 N–H and O–H groups in total. The first-order chi connectivity index (χ1) is 5.77. The highest BCUT2D eigenvalue weighted by Gasteiger charge is 2.31. The summed E-state index contributed by atoms with van der Waals surface area (Å²) in [5.74, 6) is 0.158. The Hall–Kier alpha value is -0.830. The van der Waals surface area contributed by atoms with Crippen LogP contribution in [0.2, 0.25) is 0 Å². The molecule has 1 heterocycles. The first kappa shape index (κ1) is 7.80. The van der Waals surface area contributed by atoms with Crippen molar-refractivity contribution in [3.8, 4) is 0 Å². The average molecular weight is 168 g/mol. The van der Waals surface area contributed by atoms with Crippen LogP contribution in [-0.2, 0) is 14.3 Å². The summed E-state index contributed by atoms with van der Waals surface area (Å²) in [4.78, 5) is 11.2. The summed E-state index contributed by atoms with van der Waals surface area (Å²) >= 11 is 0. The average Bonchev–Trinajstić information content (AvgIpc) is 2.85. The number of rotatable bonds is 4. The summed E-state index contributed by atoms with van der Waals surface area (Å²) in [5.41, 5.74) is 0.635. The zero-order chi connectivity index (χ0) is 8.55. The van der Waals surface area contributed by atoms with Crippen LogP contribution in [0, 0.1) is 5.92 Å². The Kier molecular flexibility index (Phi) is 1.89. The number of carbonyl (C=O) groups excluding carboxylic acids is 1. The number of epoxide rings is 1. The quantitative estimate of drug-likeness (QED) is 0.355. The fraction of sp³-hybridized carbons (Fsp3) is 0.667. The second kappa shape index (κ2) is 2.90. The van der Waals surface area contributed by atoms with E-state index in [9.17, 15) is 4.79 Å². The molecule has 1 unspecified atom stereocenters. The number of hydrogen-bond donors (Lipinski definition) is 0. The summed E-state index contributed by atoms with van der Waals surface area (Å²) in [6.07, 6.45) is 2.34. The van der Waals surface area contributed by atoms with Crippen LogP contribution in [0.1, 0.15) is 12.8 Å². The monoisotopic (exact) mass is 168 g/mol. The molecule has 1 atom stereocenters. The van der Waals surface area contributed by atoms with Gasteiger partial charge in [0.25, 0.3) is 0 Å². The lowest BCUT2D eigenvalue weighted by Gasteiger charge is -2.03. The molecule has 0 bridgehead atoms. The van der Waals surface area contributed by atoms with Crippen molar-refractivity contribution in [1.29, 1.82) is 0 Å². The zero-order valence-electron chi connectivity index (χ0n) is 6.91. The Bertz CT molecular complexity index is 214. The predicted octanol–water partition coefficient (Wildman–Crippen LogP) is 0.895. The first-order valence-corrected chi connectivity index (χ1v) is 4.25. The molecule has 0 radical (unpaired) electrons. The predicted molar refractivity (Wildman–Crippen MR) is 42.6 cm³/mol. The highest BCUT2D eigenvalue weighted by molar-refractivity contribution is 5.88. The molecule has 0 aromatic carbocycles. The lowest BCUT2D eigenvalue weighted by atomic mass is 10.2. The maximum Gasteiger partial charge on any atom is 0.333 e. The van der Waals surface area contributed by atoms with Crippen LogP contribution >= 0.6 is 0 Å². The Morgan fingerprint density at radius 3 is 2.75 bits per heavy atom. The minimum Gasteiger partial charge on any atom is -0.459 e. The molecule has 3 nitrogen and oxygen atoms in total. The standard InChI is InChI=1S/C9H12O3/c1-6(7-2-3-7)9(10)12-5-8-4-11-8/h7-8H,1-5H2. The van der Waals surface area contributed by atoms with Crippen LogP contribution in [0.3, 0.4) is 0 Å². The summed E-state index contributed by atoms with van der Waals surface area (Å²) in [6.45, 7) is 4.82. The fourth-order valence-corrected chi connectivity index (χ4v) is 1.02. The van der Waals surface area contributed by atoms with Crippen molar-refractivity contribution in [1.82, 2.24) is 0 Å². The van der Waals surface area contributed by atoms with E-state index in [-0.39, 0.29) is 12.1 Å². The first-order valence-electron chi connectivity index (χ1n) is 4.25. The van der Waals surface area contributed by atoms with Gasteiger partial charge in [0, 0.05) is 5.57 Å². The Morgan fingerprint density at radius 1 is 1.58 bits per heavy atom. The number of carbonyl (C=O) groups is 1. The van der Waals surface area contributed by atoms with Crippen molar-refractivity contribution in [3.63, 3.8) is 0 Å². The van der Waals surface area contributed by atoms with Gasteiger partial charge in [-0.15, -0.1) is 0 Å². The molecule has 0 aromatic heterocycles. The normalized spacial score (nSPS) is 26.5. The lowest BCUT2D eigenvalue weighted by Crippen LogP contribution is -2.12. The molecule has 1 saturated carbocycles. The van der Waals surface area contributed by atoms with Crippen molar-refractivity contribution in [2.24, 2.45) is 5.92 Å². The van der Waals surface area contributed by atoms with E-state index < -0.39 is 0 Å². The summed E-state index contributed by atoms with van der Waals surface area (Å²) in [7, 11) is 0. The van der Waals surface area contributed by atoms with Gasteiger partial charge in [0.2, 0.25) is 0 Å². The van der Waals surface area contributed by atoms with Crippen molar-refractivity contribution < 1.29 is 14.3 Å². The van der Waals surface area contributed by atoms with Crippen molar-refractivity contribution >= 4 is 5.97 Å². The molecule has 1 aliphatic heterocycles. The molecule has 66 valence electrons. The molecule has 3 heteroatoms. The molecule has 1 aliphatic carbocycles. The van der Waals surface area contributed by atoms with Crippen LogP contribution in [-0.4, -0.2) is 25.3 Å². The van der Waals surface area contributed by atoms with Gasteiger partial charge in [0.15, 0.2) is 0 Å². The molecule has 0 amide bonds. The highest BCUT2D eigenvalue weighted by atomic mass is 16.6. The van der Waals surface area contributed by atoms with Gasteiger partial charge in [-0.1, -0.05) is 6.58 Å². The Labute approximate surface area is 71.3 Å². The fourth-order valence-electron chi connectivity index (χ4n) is 1.02. The third-order valence-corrected chi connectivity index (χ3v) is 2.14. The summed E-state index contributed by atoms with van der Waals surface area (Å²) < 4.78 is 9.87. The van der Waals surface area contributed by atoms with Gasteiger partial charge in [-0.2, -0.15) is 0 Å². The van der Waals surface area contributed by atoms with Crippen LogP contribution in [0.4, 0.5) is 0 Å². The van der Waals surface area contributed by atoms with Crippen molar-refractivity contribution in [3.05, 3.63) is 12.2 Å². The van der Waals surface area contributed by atoms with E-state index in [0.29, 0.717) is 18.1 Å². The SMILES string of the molecule is C=C(C(=O)OCC1CO1)C1CC1. The topological polar surface area (TPSA) is 38.8 Å². The van der Waals surface area contributed by atoms with Crippen LogP contribution in [0.25, 0.3) is 0 Å². The zero-order valence-corrected chi connectivity index (χ0v) is 6.91. The number of esters is 1. The molecule has 1 saturated heterocycles. The molecule has 2 fully saturated rings. The third-order valence-electron chi connectivity index (χ3n) is 2.14. The van der Waals surface area contributed by atoms with E-state index in [2.05, 4.69) is 6.58 Å². The van der Waals surface area contributed by atoms with Crippen LogP contribution in [0.15, 0.2) is 12.2 Å². The second-order valence-corrected chi connectivity index (χ2v) is 3.35. The van der Waals surface area contributed by atoms with Crippen molar-refractivity contribution in [2.45, 2.75) is 18.9 Å². The molecule has 12 heavy (non-hydrogen) atoms. The van der Waals surface area contributed by atoms with E-state index >= 15 is 0 Å². The van der Waals surface area contributed by atoms with Crippen molar-refractivity contribution in [2.75, 3.05) is 13.2 Å². The number of ether oxygens (including phenoxy) is 2. The summed E-state index contributed by atoms with van der Waals surface area (Å²) in [5, 5.41) is 0. The smallest absolute Gasteiger partial charge is 0.333 e. The van der Waals surface area contributed by atoms with E-state index in [1.807, 2.05) is 0 Å². The third kappa shape index (κ3) is 1.85. The lowest BCUT2D eigenvalue weighted by molar-refractivity contribution is -0.139. The highest BCUT2D eigenvalue weighted by Crippen LogP contribution is 2.36. The second-order valence-electron chi connectivity index (χ2n) is 3.35. The van der Waals surface area contributed by atoms with Gasteiger partial charge >= 0.3 is 5.97 Å². The molecule has 0 aromatic rings. The van der Waals surface area contributed by atoms with E-state index in [1.54, 1.807) is 0 Å². The van der Waals surface area contributed by atoms with Crippen LogP contribution < -0.4 is 0 Å². The maximum atomic E-state index is 11.2. The maximum absolute atomic E-state index is 11.2. The van der Waals surface area contributed by atoms with Gasteiger partial charge in [0.05, 0.1) is 6.61 Å². The van der Waals surface area contributed by atoms with Gasteiger partial charge in [-0.05, 0) is 18.8 Å². The minimum absolute atomic E-state index is 0.154. The van der Waals surface area contributed by atoms with E-state index in [0.717, 1.165) is 19.4 Å². The van der Waals surface area contributed by atoms with E-state index in [4.69, 9.17) is 9.47 Å². The minimum atomic E-state index is -0.243. The molecular formula is C9H12O3. The van der Waals surface area contributed by atoms with Gasteiger partial charge < -0.3 is 9.47 Å². The molecule has 2 rings (SSSR count). The Morgan fingerprint density at radius 2 is 2.25 bits per heavy atom. The molecular weight excluding hydrogens is 156 g/mol. The van der Waals surface area contributed by atoms with Gasteiger partial charge in [-0.3, -0.25) is 0 Å². The Balaban J connectivity index is 1.70. The van der Waals surface area contributed by atoms with Gasteiger partial charge in [-0.25, -0.2) is 4.79 Å². The van der Waals surface area contributed by atoms with E-state index in [1.165, 1.54) is 0 Å². The largest absolute Gasteiger partial charge is 0.459 e. The summed E-state index contributed by atoms with van der Waals surface area (Å²) in [6, 6.07) is 0. The van der Waals surface area contributed by atoms with Crippen LogP contribution in [0.5, 0.6) is 0 Å². The molecule has 0 spiro atoms. The van der Waals surface area contributed by atoms with Gasteiger partial charge in [0.1, 0.15) is 12.7 Å². The molecule has 2 aliphatic rings. The number of hydrogen-bond acceptors (Lipinski definition) is 3.